The molecule has 122 valence electrons. The van der Waals surface area contributed by atoms with E-state index in [9.17, 15) is 14.3 Å². The van der Waals surface area contributed by atoms with E-state index in [4.69, 9.17) is 0 Å². The lowest BCUT2D eigenvalue weighted by Crippen LogP contribution is -2.24. The summed E-state index contributed by atoms with van der Waals surface area (Å²) in [7, 11) is 0. The largest absolute Gasteiger partial charge is 0.477 e. The van der Waals surface area contributed by atoms with E-state index in [0.717, 1.165) is 19.4 Å². The van der Waals surface area contributed by atoms with Crippen molar-refractivity contribution in [1.29, 1.82) is 0 Å². The first-order valence-electron chi connectivity index (χ1n) is 7.74. The summed E-state index contributed by atoms with van der Waals surface area (Å²) >= 11 is 0. The first-order chi connectivity index (χ1) is 11.6. The van der Waals surface area contributed by atoms with E-state index in [1.54, 1.807) is 24.4 Å². The Balaban J connectivity index is 1.77. The normalized spacial score (nSPS) is 17.5. The topological polar surface area (TPSA) is 70.7 Å². The summed E-state index contributed by atoms with van der Waals surface area (Å²) in [6.45, 7) is 0.749. The number of halogens is 1. The first kappa shape index (κ1) is 14.6. The van der Waals surface area contributed by atoms with Crippen LogP contribution in [-0.4, -0.2) is 32.2 Å². The third-order valence-electron chi connectivity index (χ3n) is 4.40. The van der Waals surface area contributed by atoms with Gasteiger partial charge in [0.15, 0.2) is 5.65 Å². The Morgan fingerprint density at radius 1 is 1.29 bits per heavy atom. The Morgan fingerprint density at radius 2 is 2.12 bits per heavy atom. The van der Waals surface area contributed by atoms with Crippen molar-refractivity contribution in [3.63, 3.8) is 0 Å². The highest BCUT2D eigenvalue weighted by Crippen LogP contribution is 2.36. The lowest BCUT2D eigenvalue weighted by molar-refractivity contribution is 0.0699. The molecule has 3 aromatic rings. The van der Waals surface area contributed by atoms with E-state index in [2.05, 4.69) is 10.1 Å². The quantitative estimate of drug-likeness (QED) is 0.801. The van der Waals surface area contributed by atoms with Crippen LogP contribution in [0.25, 0.3) is 5.65 Å². The molecule has 7 heteroatoms. The van der Waals surface area contributed by atoms with Crippen molar-refractivity contribution in [2.75, 3.05) is 11.4 Å². The maximum Gasteiger partial charge on any atom is 0.341 e. The van der Waals surface area contributed by atoms with Gasteiger partial charge in [-0.25, -0.2) is 18.7 Å². The molecule has 6 nitrogen and oxygen atoms in total. The van der Waals surface area contributed by atoms with Crippen molar-refractivity contribution in [3.05, 3.63) is 59.7 Å². The third-order valence-corrected chi connectivity index (χ3v) is 4.40. The number of nitrogens with zero attached hydrogens (tertiary/aromatic N) is 4. The smallest absolute Gasteiger partial charge is 0.341 e. The summed E-state index contributed by atoms with van der Waals surface area (Å²) in [5.74, 6) is -0.663. The summed E-state index contributed by atoms with van der Waals surface area (Å²) in [6, 6.07) is 8.43. The first-order valence-corrected chi connectivity index (χ1v) is 7.74. The van der Waals surface area contributed by atoms with Crippen LogP contribution < -0.4 is 4.90 Å². The number of aromatic carboxylic acids is 1. The predicted molar refractivity (Wildman–Crippen MR) is 85.7 cm³/mol. The fourth-order valence-electron chi connectivity index (χ4n) is 3.28. The third kappa shape index (κ3) is 2.29. The predicted octanol–water partition coefficient (Wildman–Crippen LogP) is 2.91. The van der Waals surface area contributed by atoms with Crippen molar-refractivity contribution < 1.29 is 14.3 Å². The van der Waals surface area contributed by atoms with E-state index in [1.165, 1.54) is 16.8 Å². The zero-order chi connectivity index (χ0) is 16.7. The van der Waals surface area contributed by atoms with Crippen molar-refractivity contribution in [3.8, 4) is 0 Å². The molecule has 1 aromatic carbocycles. The van der Waals surface area contributed by atoms with Crippen molar-refractivity contribution in [2.24, 2.45) is 0 Å². The summed E-state index contributed by atoms with van der Waals surface area (Å²) in [4.78, 5) is 17.8. The highest BCUT2D eigenvalue weighted by molar-refractivity contribution is 5.94. The Kier molecular flexibility index (Phi) is 3.41. The molecule has 0 aliphatic carbocycles. The van der Waals surface area contributed by atoms with Crippen LogP contribution in [-0.2, 0) is 0 Å². The number of hydrogen-bond donors (Lipinski definition) is 1. The van der Waals surface area contributed by atoms with Crippen molar-refractivity contribution in [1.82, 2.24) is 14.6 Å². The van der Waals surface area contributed by atoms with Gasteiger partial charge in [0.2, 0.25) is 0 Å². The highest BCUT2D eigenvalue weighted by Gasteiger charge is 2.29. The minimum atomic E-state index is -1.07. The van der Waals surface area contributed by atoms with Crippen molar-refractivity contribution >= 4 is 17.4 Å². The van der Waals surface area contributed by atoms with Gasteiger partial charge in [-0.2, -0.15) is 5.10 Å². The van der Waals surface area contributed by atoms with Crippen molar-refractivity contribution in [2.45, 2.75) is 18.9 Å². The van der Waals surface area contributed by atoms with Crippen LogP contribution in [0.2, 0.25) is 0 Å². The molecule has 0 saturated carbocycles. The fraction of sp³-hybridized carbons (Fsp3) is 0.235. The van der Waals surface area contributed by atoms with Gasteiger partial charge in [-0.3, -0.25) is 0 Å². The van der Waals surface area contributed by atoms with Gasteiger partial charge in [0, 0.05) is 18.3 Å². The molecule has 3 heterocycles. The molecule has 0 spiro atoms. The number of hydrogen-bond acceptors (Lipinski definition) is 4. The zero-order valence-electron chi connectivity index (χ0n) is 12.8. The summed E-state index contributed by atoms with van der Waals surface area (Å²) in [6.07, 6.45) is 4.73. The molecular formula is C17H15FN4O2. The maximum absolute atomic E-state index is 14.2. The Morgan fingerprint density at radius 3 is 2.92 bits per heavy atom. The van der Waals surface area contributed by atoms with E-state index in [1.807, 2.05) is 11.0 Å². The van der Waals surface area contributed by atoms with Crippen LogP contribution in [0.15, 0.2) is 42.7 Å². The second kappa shape index (κ2) is 5.59. The number of carboxylic acids is 1. The van der Waals surface area contributed by atoms with Crippen LogP contribution >= 0.6 is 0 Å². The number of aromatic nitrogens is 3. The van der Waals surface area contributed by atoms with E-state index >= 15 is 0 Å². The molecule has 24 heavy (non-hydrogen) atoms. The number of benzene rings is 1. The van der Waals surface area contributed by atoms with E-state index in [-0.39, 0.29) is 17.4 Å². The van der Waals surface area contributed by atoms with Gasteiger partial charge < -0.3 is 10.0 Å². The minimum absolute atomic E-state index is 0.0542. The van der Waals surface area contributed by atoms with Crippen LogP contribution in [0.3, 0.4) is 0 Å². The molecule has 1 atom stereocenters. The van der Waals surface area contributed by atoms with Gasteiger partial charge in [-0.05, 0) is 25.0 Å². The average molecular weight is 326 g/mol. The molecule has 0 bridgehead atoms. The van der Waals surface area contributed by atoms with Crippen LogP contribution in [0.4, 0.5) is 10.2 Å². The van der Waals surface area contributed by atoms with E-state index < -0.39 is 5.97 Å². The number of anilines is 1. The van der Waals surface area contributed by atoms with E-state index in [0.29, 0.717) is 17.0 Å². The fourth-order valence-corrected chi connectivity index (χ4v) is 3.28. The summed E-state index contributed by atoms with van der Waals surface area (Å²) in [5, 5.41) is 13.2. The standard InChI is InChI=1S/C17H15FN4O2/c18-13-5-2-1-4-11(13)14-6-3-8-21(14)15-7-9-22-16(20-15)12(10-19-22)17(23)24/h1-2,4-5,7,9-10,14H,3,6,8H2,(H,23,24)/t14-/m1/s1. The minimum Gasteiger partial charge on any atom is -0.477 e. The molecule has 0 unspecified atom stereocenters. The number of fused-ring (bicyclic) bond motifs is 1. The molecule has 1 aliphatic heterocycles. The van der Waals surface area contributed by atoms with Gasteiger partial charge >= 0.3 is 5.97 Å². The van der Waals surface area contributed by atoms with Crippen LogP contribution in [0.1, 0.15) is 34.8 Å². The SMILES string of the molecule is O=C(O)c1cnn2ccc(N3CCC[C@@H]3c3ccccc3F)nc12. The lowest BCUT2D eigenvalue weighted by Gasteiger charge is -2.26. The molecule has 0 amide bonds. The Labute approximate surface area is 137 Å². The second-order valence-electron chi connectivity index (χ2n) is 5.79. The van der Waals surface area contributed by atoms with Gasteiger partial charge in [-0.1, -0.05) is 18.2 Å². The van der Waals surface area contributed by atoms with Gasteiger partial charge in [0.05, 0.1) is 12.2 Å². The summed E-state index contributed by atoms with van der Waals surface area (Å²) in [5.41, 5.74) is 0.987. The Bertz CT molecular complexity index is 924. The van der Waals surface area contributed by atoms with Gasteiger partial charge in [-0.15, -0.1) is 0 Å². The van der Waals surface area contributed by atoms with Crippen LogP contribution in [0, 0.1) is 5.82 Å². The van der Waals surface area contributed by atoms with Gasteiger partial charge in [0.25, 0.3) is 0 Å². The molecule has 0 radical (unpaired) electrons. The molecule has 2 aromatic heterocycles. The number of carbonyl (C=O) groups is 1. The Hall–Kier alpha value is -2.96. The lowest BCUT2D eigenvalue weighted by atomic mass is 10.0. The molecule has 1 saturated heterocycles. The highest BCUT2D eigenvalue weighted by atomic mass is 19.1. The molecular weight excluding hydrogens is 311 g/mol. The number of rotatable bonds is 3. The molecule has 1 N–H and O–H groups in total. The average Bonchev–Trinajstić information content (AvgIpc) is 3.21. The molecule has 1 fully saturated rings. The summed E-state index contributed by atoms with van der Waals surface area (Å²) < 4.78 is 15.6. The molecule has 1 aliphatic rings. The monoisotopic (exact) mass is 326 g/mol. The second-order valence-corrected chi connectivity index (χ2v) is 5.79. The zero-order valence-corrected chi connectivity index (χ0v) is 12.8. The number of carboxylic acid groups (broad SMARTS) is 1. The molecule has 4 rings (SSSR count). The van der Waals surface area contributed by atoms with Crippen LogP contribution in [0.5, 0.6) is 0 Å². The maximum atomic E-state index is 14.2. The van der Waals surface area contributed by atoms with Gasteiger partial charge in [0.1, 0.15) is 17.2 Å².